The summed E-state index contributed by atoms with van der Waals surface area (Å²) in [7, 11) is 0. The third kappa shape index (κ3) is 6.45. The van der Waals surface area contributed by atoms with Crippen molar-refractivity contribution in [3.8, 4) is 0 Å². The van der Waals surface area contributed by atoms with Crippen LogP contribution in [0.25, 0.3) is 0 Å². The van der Waals surface area contributed by atoms with Crippen LogP contribution in [0.5, 0.6) is 0 Å². The molecule has 5 nitrogen and oxygen atoms in total. The van der Waals surface area contributed by atoms with Crippen LogP contribution in [0.2, 0.25) is 0 Å². The molecule has 104 valence electrons. The van der Waals surface area contributed by atoms with E-state index in [2.05, 4.69) is 10.6 Å². The Kier molecular flexibility index (Phi) is 6.43. The molecule has 0 radical (unpaired) electrons. The number of carbonyl (C=O) groups excluding carboxylic acids is 1. The van der Waals surface area contributed by atoms with Gasteiger partial charge in [-0.1, -0.05) is 24.3 Å². The number of hydrogen-bond acceptors (Lipinski definition) is 2. The van der Waals surface area contributed by atoms with Crippen LogP contribution in [0.4, 0.5) is 4.79 Å². The third-order valence-electron chi connectivity index (χ3n) is 2.79. The monoisotopic (exact) mass is 264 g/mol. The van der Waals surface area contributed by atoms with E-state index >= 15 is 0 Å². The average molecular weight is 264 g/mol. The number of rotatable bonds is 7. The smallest absolute Gasteiger partial charge is 0.314 e. The molecule has 0 saturated carbocycles. The van der Waals surface area contributed by atoms with E-state index in [9.17, 15) is 9.59 Å². The van der Waals surface area contributed by atoms with Crippen molar-refractivity contribution in [2.24, 2.45) is 0 Å². The lowest BCUT2D eigenvalue weighted by Gasteiger charge is -2.08. The largest absolute Gasteiger partial charge is 0.481 e. The molecule has 1 aromatic carbocycles. The van der Waals surface area contributed by atoms with Gasteiger partial charge in [-0.15, -0.1) is 0 Å². The predicted octanol–water partition coefficient (Wildman–Crippen LogP) is 1.70. The molecule has 0 aromatic heterocycles. The van der Waals surface area contributed by atoms with Gasteiger partial charge in [-0.25, -0.2) is 4.79 Å². The van der Waals surface area contributed by atoms with Crippen molar-refractivity contribution in [2.75, 3.05) is 13.1 Å². The molecule has 0 saturated heterocycles. The Morgan fingerprint density at radius 3 is 2.53 bits per heavy atom. The molecule has 0 fully saturated rings. The van der Waals surface area contributed by atoms with E-state index in [0.717, 1.165) is 6.42 Å². The van der Waals surface area contributed by atoms with Crippen molar-refractivity contribution in [2.45, 2.75) is 26.2 Å². The summed E-state index contributed by atoms with van der Waals surface area (Å²) in [6, 6.07) is 7.80. The summed E-state index contributed by atoms with van der Waals surface area (Å²) in [6.45, 7) is 2.99. The van der Waals surface area contributed by atoms with Crippen LogP contribution in [-0.4, -0.2) is 30.2 Å². The number of benzene rings is 1. The minimum Gasteiger partial charge on any atom is -0.481 e. The number of nitrogens with one attached hydrogen (secondary N) is 2. The van der Waals surface area contributed by atoms with Crippen molar-refractivity contribution in [1.82, 2.24) is 10.6 Å². The van der Waals surface area contributed by atoms with Crippen LogP contribution in [0.1, 0.15) is 24.0 Å². The molecular weight excluding hydrogens is 244 g/mol. The molecular formula is C14H20N2O3. The quantitative estimate of drug-likeness (QED) is 0.656. The first-order valence-corrected chi connectivity index (χ1v) is 6.37. The number of aliphatic carboxylic acids is 1. The molecule has 3 N–H and O–H groups in total. The molecule has 0 aliphatic rings. The van der Waals surface area contributed by atoms with Gasteiger partial charge in [0.15, 0.2) is 0 Å². The Morgan fingerprint density at radius 2 is 1.84 bits per heavy atom. The van der Waals surface area contributed by atoms with Crippen molar-refractivity contribution in [3.63, 3.8) is 0 Å². The van der Waals surface area contributed by atoms with Gasteiger partial charge in [0.05, 0.1) is 0 Å². The molecule has 0 spiro atoms. The second-order valence-corrected chi connectivity index (χ2v) is 4.36. The second kappa shape index (κ2) is 8.13. The van der Waals surface area contributed by atoms with Gasteiger partial charge in [-0.05, 0) is 30.9 Å². The Morgan fingerprint density at radius 1 is 1.16 bits per heavy atom. The number of carboxylic acids is 1. The Labute approximate surface area is 113 Å². The second-order valence-electron chi connectivity index (χ2n) is 4.36. The zero-order valence-electron chi connectivity index (χ0n) is 11.1. The summed E-state index contributed by atoms with van der Waals surface area (Å²) >= 11 is 0. The summed E-state index contributed by atoms with van der Waals surface area (Å²) in [6.07, 6.45) is 1.30. The van der Waals surface area contributed by atoms with Gasteiger partial charge in [0.1, 0.15) is 0 Å². The number of carbonyl (C=O) groups is 2. The van der Waals surface area contributed by atoms with Crippen LogP contribution in [0.15, 0.2) is 24.3 Å². The average Bonchev–Trinajstić information content (AvgIpc) is 2.37. The van der Waals surface area contributed by atoms with E-state index in [1.807, 2.05) is 31.2 Å². The number of urea groups is 1. The molecule has 2 amide bonds. The van der Waals surface area contributed by atoms with E-state index in [4.69, 9.17) is 5.11 Å². The molecule has 5 heteroatoms. The fourth-order valence-electron chi connectivity index (χ4n) is 1.71. The molecule has 1 aromatic rings. The topological polar surface area (TPSA) is 78.4 Å². The van der Waals surface area contributed by atoms with Gasteiger partial charge < -0.3 is 15.7 Å². The molecule has 0 unspecified atom stereocenters. The van der Waals surface area contributed by atoms with Crippen LogP contribution >= 0.6 is 0 Å². The van der Waals surface area contributed by atoms with Crippen molar-refractivity contribution >= 4 is 12.0 Å². The van der Waals surface area contributed by atoms with Crippen molar-refractivity contribution < 1.29 is 14.7 Å². The van der Waals surface area contributed by atoms with Gasteiger partial charge in [0.2, 0.25) is 0 Å². The minimum atomic E-state index is -0.846. The summed E-state index contributed by atoms with van der Waals surface area (Å²) in [5.41, 5.74) is 2.43. The number of amides is 2. The standard InChI is InChI=1S/C14H20N2O3/c1-11-5-2-3-6-12(11)8-10-16-14(19)15-9-4-7-13(17)18/h2-3,5-6H,4,7-10H2,1H3,(H,17,18)(H2,15,16,19). The highest BCUT2D eigenvalue weighted by Gasteiger charge is 2.02. The lowest BCUT2D eigenvalue weighted by Crippen LogP contribution is -2.37. The van der Waals surface area contributed by atoms with Crippen LogP contribution in [0.3, 0.4) is 0 Å². The highest BCUT2D eigenvalue weighted by molar-refractivity contribution is 5.73. The summed E-state index contributed by atoms with van der Waals surface area (Å²) in [4.78, 5) is 21.7. The molecule has 0 heterocycles. The molecule has 0 bridgehead atoms. The molecule has 1 rings (SSSR count). The van der Waals surface area contributed by atoms with Gasteiger partial charge in [-0.3, -0.25) is 4.79 Å². The van der Waals surface area contributed by atoms with Gasteiger partial charge >= 0.3 is 12.0 Å². The van der Waals surface area contributed by atoms with E-state index < -0.39 is 5.97 Å². The summed E-state index contributed by atoms with van der Waals surface area (Å²) < 4.78 is 0. The fraction of sp³-hybridized carbons (Fsp3) is 0.429. The fourth-order valence-corrected chi connectivity index (χ4v) is 1.71. The van der Waals surface area contributed by atoms with E-state index in [1.165, 1.54) is 11.1 Å². The minimum absolute atomic E-state index is 0.0729. The normalized spacial score (nSPS) is 9.95. The predicted molar refractivity (Wildman–Crippen MR) is 73.2 cm³/mol. The van der Waals surface area contributed by atoms with Gasteiger partial charge in [0, 0.05) is 19.5 Å². The van der Waals surface area contributed by atoms with Gasteiger partial charge in [-0.2, -0.15) is 0 Å². The number of aryl methyl sites for hydroxylation is 1. The summed E-state index contributed by atoms with van der Waals surface area (Å²) in [5, 5.41) is 13.8. The lowest BCUT2D eigenvalue weighted by molar-refractivity contribution is -0.137. The third-order valence-corrected chi connectivity index (χ3v) is 2.79. The Hall–Kier alpha value is -2.04. The van der Waals surface area contributed by atoms with Crippen molar-refractivity contribution in [3.05, 3.63) is 35.4 Å². The summed E-state index contributed by atoms with van der Waals surface area (Å²) in [5.74, 6) is -0.846. The Balaban J connectivity index is 2.14. The first-order valence-electron chi connectivity index (χ1n) is 6.37. The zero-order valence-corrected chi connectivity index (χ0v) is 11.1. The molecule has 0 atom stereocenters. The maximum Gasteiger partial charge on any atom is 0.314 e. The van der Waals surface area contributed by atoms with E-state index in [0.29, 0.717) is 19.5 Å². The van der Waals surface area contributed by atoms with Gasteiger partial charge in [0.25, 0.3) is 0 Å². The highest BCUT2D eigenvalue weighted by Crippen LogP contribution is 2.06. The first kappa shape index (κ1) is 15.0. The van der Waals surface area contributed by atoms with Crippen LogP contribution in [-0.2, 0) is 11.2 Å². The lowest BCUT2D eigenvalue weighted by atomic mass is 10.1. The maximum atomic E-state index is 11.4. The van der Waals surface area contributed by atoms with E-state index in [1.54, 1.807) is 0 Å². The molecule has 0 aliphatic heterocycles. The zero-order chi connectivity index (χ0) is 14.1. The molecule has 0 aliphatic carbocycles. The molecule has 19 heavy (non-hydrogen) atoms. The highest BCUT2D eigenvalue weighted by atomic mass is 16.4. The number of hydrogen-bond donors (Lipinski definition) is 3. The number of carboxylic acid groups (broad SMARTS) is 1. The van der Waals surface area contributed by atoms with E-state index in [-0.39, 0.29) is 12.5 Å². The van der Waals surface area contributed by atoms with Crippen LogP contribution in [0, 0.1) is 6.92 Å². The SMILES string of the molecule is Cc1ccccc1CCNC(=O)NCCCC(=O)O. The van der Waals surface area contributed by atoms with Crippen molar-refractivity contribution in [1.29, 1.82) is 0 Å². The maximum absolute atomic E-state index is 11.4. The Bertz CT molecular complexity index is 432. The first-order chi connectivity index (χ1) is 9.09. The van der Waals surface area contributed by atoms with Crippen LogP contribution < -0.4 is 10.6 Å².